The lowest BCUT2D eigenvalue weighted by atomic mass is 9.97. The van der Waals surface area contributed by atoms with Crippen LogP contribution in [0.2, 0.25) is 0 Å². The number of methoxy groups -OCH3 is 1. The van der Waals surface area contributed by atoms with E-state index in [-0.39, 0.29) is 11.5 Å². The number of hydrogen-bond donors (Lipinski definition) is 1. The number of para-hydroxylation sites is 1. The molecule has 154 valence electrons. The van der Waals surface area contributed by atoms with Crippen molar-refractivity contribution in [1.29, 1.82) is 0 Å². The van der Waals surface area contributed by atoms with Gasteiger partial charge in [-0.25, -0.2) is 0 Å². The third-order valence-corrected chi connectivity index (χ3v) is 5.02. The number of phenols is 1. The Kier molecular flexibility index (Phi) is 7.02. The molecule has 0 aliphatic heterocycles. The Hall–Kier alpha value is -3.40. The first-order valence-electron chi connectivity index (χ1n) is 10.2. The van der Waals surface area contributed by atoms with Gasteiger partial charge in [-0.1, -0.05) is 43.7 Å². The molecule has 0 fully saturated rings. The highest BCUT2D eigenvalue weighted by Gasteiger charge is 2.14. The van der Waals surface area contributed by atoms with Gasteiger partial charge in [0.1, 0.15) is 11.5 Å². The number of phenolic OH excluding ortho intramolecular Hbond substituents is 1. The first-order valence-corrected chi connectivity index (χ1v) is 10.2. The van der Waals surface area contributed by atoms with Crippen molar-refractivity contribution in [2.45, 2.75) is 33.1 Å². The third-order valence-electron chi connectivity index (χ3n) is 5.02. The number of ether oxygens (including phenoxy) is 1. The fourth-order valence-electron chi connectivity index (χ4n) is 3.38. The van der Waals surface area contributed by atoms with Crippen molar-refractivity contribution in [1.82, 2.24) is 0 Å². The SMILES string of the molecule is CCCCC(=O)c1cc(-c2cccc(O)c2)ccc1N=C(C)c1ccccc1OC. The topological polar surface area (TPSA) is 58.9 Å². The van der Waals surface area contributed by atoms with E-state index in [9.17, 15) is 9.90 Å². The molecule has 0 saturated heterocycles. The standard InChI is InChI=1S/C26H27NO3/c1-4-5-12-25(29)23-17-20(19-9-8-10-21(28)16-19)14-15-24(23)27-18(2)22-11-6-7-13-26(22)30-3/h6-11,13-17,28H,4-5,12H2,1-3H3. The summed E-state index contributed by atoms with van der Waals surface area (Å²) >= 11 is 0. The molecule has 0 bridgehead atoms. The Morgan fingerprint density at radius 3 is 2.47 bits per heavy atom. The Morgan fingerprint density at radius 1 is 0.967 bits per heavy atom. The molecule has 3 rings (SSSR count). The Bertz CT molecular complexity index is 1070. The van der Waals surface area contributed by atoms with Gasteiger partial charge in [-0.05, 0) is 60.9 Å². The van der Waals surface area contributed by atoms with E-state index >= 15 is 0 Å². The summed E-state index contributed by atoms with van der Waals surface area (Å²) in [6, 6.07) is 20.4. The van der Waals surface area contributed by atoms with Crippen LogP contribution in [0.25, 0.3) is 11.1 Å². The van der Waals surface area contributed by atoms with Crippen molar-refractivity contribution in [2.75, 3.05) is 7.11 Å². The van der Waals surface area contributed by atoms with Gasteiger partial charge in [-0.3, -0.25) is 9.79 Å². The number of unbranched alkanes of at least 4 members (excludes halogenated alkanes) is 1. The zero-order chi connectivity index (χ0) is 21.5. The van der Waals surface area contributed by atoms with Crippen molar-refractivity contribution in [3.05, 3.63) is 77.9 Å². The number of benzene rings is 3. The number of rotatable bonds is 8. The lowest BCUT2D eigenvalue weighted by molar-refractivity contribution is 0.0980. The van der Waals surface area contributed by atoms with Crippen molar-refractivity contribution in [2.24, 2.45) is 4.99 Å². The summed E-state index contributed by atoms with van der Waals surface area (Å²) in [6.07, 6.45) is 2.27. The number of carbonyl (C=O) groups is 1. The van der Waals surface area contributed by atoms with Crippen LogP contribution in [-0.4, -0.2) is 23.7 Å². The van der Waals surface area contributed by atoms with Crippen molar-refractivity contribution in [3.8, 4) is 22.6 Å². The van der Waals surface area contributed by atoms with E-state index in [1.54, 1.807) is 25.3 Å². The molecule has 0 saturated carbocycles. The smallest absolute Gasteiger partial charge is 0.165 e. The largest absolute Gasteiger partial charge is 0.508 e. The van der Waals surface area contributed by atoms with Crippen LogP contribution in [-0.2, 0) is 0 Å². The van der Waals surface area contributed by atoms with Crippen LogP contribution in [0.5, 0.6) is 11.5 Å². The molecule has 0 amide bonds. The average Bonchev–Trinajstić information content (AvgIpc) is 2.77. The van der Waals surface area contributed by atoms with Gasteiger partial charge in [-0.15, -0.1) is 0 Å². The molecule has 3 aromatic rings. The monoisotopic (exact) mass is 401 g/mol. The molecule has 0 atom stereocenters. The summed E-state index contributed by atoms with van der Waals surface area (Å²) in [5.41, 5.74) is 4.64. The van der Waals surface area contributed by atoms with Crippen LogP contribution in [0.15, 0.2) is 71.7 Å². The fourth-order valence-corrected chi connectivity index (χ4v) is 3.38. The lowest BCUT2D eigenvalue weighted by Gasteiger charge is -2.11. The molecule has 0 aliphatic carbocycles. The van der Waals surface area contributed by atoms with Gasteiger partial charge in [0.25, 0.3) is 0 Å². The molecule has 0 unspecified atom stereocenters. The zero-order valence-electron chi connectivity index (χ0n) is 17.7. The number of carbonyl (C=O) groups excluding carboxylic acids is 1. The highest BCUT2D eigenvalue weighted by Crippen LogP contribution is 2.31. The molecule has 0 aromatic heterocycles. The fraction of sp³-hybridized carbons (Fsp3) is 0.231. The van der Waals surface area contributed by atoms with Gasteiger partial charge in [0, 0.05) is 23.3 Å². The maximum atomic E-state index is 13.0. The van der Waals surface area contributed by atoms with E-state index in [2.05, 4.69) is 6.92 Å². The number of ketones is 1. The van der Waals surface area contributed by atoms with E-state index < -0.39 is 0 Å². The number of Topliss-reactive ketones (excluding diaryl/α,β-unsaturated/α-hetero) is 1. The molecule has 0 aliphatic rings. The molecule has 0 heterocycles. The summed E-state index contributed by atoms with van der Waals surface area (Å²) in [6.45, 7) is 3.99. The van der Waals surface area contributed by atoms with Crippen LogP contribution >= 0.6 is 0 Å². The first kappa shape index (κ1) is 21.3. The van der Waals surface area contributed by atoms with Gasteiger partial charge in [0.2, 0.25) is 0 Å². The summed E-state index contributed by atoms with van der Waals surface area (Å²) < 4.78 is 5.45. The summed E-state index contributed by atoms with van der Waals surface area (Å²) in [7, 11) is 1.63. The molecule has 1 N–H and O–H groups in total. The Labute approximate surface area is 177 Å². The zero-order valence-corrected chi connectivity index (χ0v) is 17.7. The van der Waals surface area contributed by atoms with Crippen LogP contribution in [0, 0.1) is 0 Å². The van der Waals surface area contributed by atoms with E-state index in [4.69, 9.17) is 9.73 Å². The average molecular weight is 402 g/mol. The van der Waals surface area contributed by atoms with Crippen LogP contribution < -0.4 is 4.74 Å². The number of hydrogen-bond acceptors (Lipinski definition) is 4. The van der Waals surface area contributed by atoms with Gasteiger partial charge < -0.3 is 9.84 Å². The lowest BCUT2D eigenvalue weighted by Crippen LogP contribution is -2.02. The molecular weight excluding hydrogens is 374 g/mol. The number of nitrogens with zero attached hydrogens (tertiary/aromatic N) is 1. The second-order valence-corrected chi connectivity index (χ2v) is 7.21. The predicted octanol–water partition coefficient (Wildman–Crippen LogP) is 6.58. The third kappa shape index (κ3) is 4.95. The van der Waals surface area contributed by atoms with Gasteiger partial charge in [-0.2, -0.15) is 0 Å². The Morgan fingerprint density at radius 2 is 1.73 bits per heavy atom. The maximum absolute atomic E-state index is 13.0. The minimum atomic E-state index is 0.0745. The molecule has 3 aromatic carbocycles. The normalized spacial score (nSPS) is 11.4. The second kappa shape index (κ2) is 9.88. The Balaban J connectivity index is 2.07. The highest BCUT2D eigenvalue weighted by molar-refractivity contribution is 6.06. The van der Waals surface area contributed by atoms with Gasteiger partial charge in [0.15, 0.2) is 5.78 Å². The van der Waals surface area contributed by atoms with E-state index in [0.29, 0.717) is 17.7 Å². The second-order valence-electron chi connectivity index (χ2n) is 7.21. The molecule has 4 heteroatoms. The van der Waals surface area contributed by atoms with E-state index in [1.807, 2.05) is 55.5 Å². The van der Waals surface area contributed by atoms with Crippen molar-refractivity contribution < 1.29 is 14.6 Å². The van der Waals surface area contributed by atoms with Gasteiger partial charge >= 0.3 is 0 Å². The minimum Gasteiger partial charge on any atom is -0.508 e. The summed E-state index contributed by atoms with van der Waals surface area (Å²) in [5.74, 6) is 1.01. The van der Waals surface area contributed by atoms with Crippen LogP contribution in [0.1, 0.15) is 49.0 Å². The molecular formula is C26H27NO3. The molecule has 4 nitrogen and oxygen atoms in total. The molecule has 30 heavy (non-hydrogen) atoms. The minimum absolute atomic E-state index is 0.0745. The highest BCUT2D eigenvalue weighted by atomic mass is 16.5. The van der Waals surface area contributed by atoms with E-state index in [0.717, 1.165) is 41.0 Å². The predicted molar refractivity (Wildman–Crippen MR) is 122 cm³/mol. The van der Waals surface area contributed by atoms with E-state index in [1.165, 1.54) is 0 Å². The van der Waals surface area contributed by atoms with Crippen molar-refractivity contribution in [3.63, 3.8) is 0 Å². The maximum Gasteiger partial charge on any atom is 0.165 e. The summed E-state index contributed by atoms with van der Waals surface area (Å²) in [5, 5.41) is 9.82. The van der Waals surface area contributed by atoms with Gasteiger partial charge in [0.05, 0.1) is 12.8 Å². The quantitative estimate of drug-likeness (QED) is 0.342. The van der Waals surface area contributed by atoms with Crippen LogP contribution in [0.3, 0.4) is 0 Å². The number of aliphatic imine (C=N–C) groups is 1. The summed E-state index contributed by atoms with van der Waals surface area (Å²) in [4.78, 5) is 17.8. The van der Waals surface area contributed by atoms with Crippen LogP contribution in [0.4, 0.5) is 5.69 Å². The molecule has 0 radical (unpaired) electrons. The number of aromatic hydroxyl groups is 1. The molecule has 0 spiro atoms. The van der Waals surface area contributed by atoms with Crippen molar-refractivity contribution >= 4 is 17.2 Å². The first-order chi connectivity index (χ1) is 14.5.